The van der Waals surface area contributed by atoms with Crippen molar-refractivity contribution >= 4 is 23.2 Å². The van der Waals surface area contributed by atoms with E-state index < -0.39 is 5.60 Å². The molecule has 27 heavy (non-hydrogen) atoms. The number of amides is 1. The number of nitrogens with zero attached hydrogens (tertiary/aromatic N) is 2. The molecule has 1 atom stereocenters. The fourth-order valence-corrected chi connectivity index (χ4v) is 3.63. The second-order valence-electron chi connectivity index (χ2n) is 7.40. The Kier molecular flexibility index (Phi) is 5.43. The number of rotatable bonds is 4. The van der Waals surface area contributed by atoms with Crippen LogP contribution in [0.25, 0.3) is 4.85 Å². The molecule has 4 nitrogen and oxygen atoms in total. The highest BCUT2D eigenvalue weighted by Gasteiger charge is 2.40. The van der Waals surface area contributed by atoms with Gasteiger partial charge in [0.15, 0.2) is 5.60 Å². The quantitative estimate of drug-likeness (QED) is 0.633. The molecule has 0 N–H and O–H groups in total. The maximum atomic E-state index is 13.3. The van der Waals surface area contributed by atoms with Gasteiger partial charge < -0.3 is 9.64 Å². The van der Waals surface area contributed by atoms with Crippen molar-refractivity contribution in [3.05, 3.63) is 70.0 Å². The first-order valence-electron chi connectivity index (χ1n) is 9.05. The molecule has 1 aliphatic heterocycles. The van der Waals surface area contributed by atoms with Crippen molar-refractivity contribution < 1.29 is 9.53 Å². The molecule has 1 unspecified atom stereocenters. The zero-order chi connectivity index (χ0) is 19.6. The van der Waals surface area contributed by atoms with Gasteiger partial charge >= 0.3 is 0 Å². The van der Waals surface area contributed by atoms with Gasteiger partial charge in [0.25, 0.3) is 5.91 Å². The summed E-state index contributed by atoms with van der Waals surface area (Å²) in [5, 5.41) is 0.375. The van der Waals surface area contributed by atoms with E-state index in [9.17, 15) is 4.79 Å². The number of hydrogen-bond donors (Lipinski definition) is 0. The summed E-state index contributed by atoms with van der Waals surface area (Å²) in [6, 6.07) is 13.3. The first-order chi connectivity index (χ1) is 12.8. The van der Waals surface area contributed by atoms with E-state index in [0.29, 0.717) is 16.5 Å². The van der Waals surface area contributed by atoms with Crippen LogP contribution in [0.15, 0.2) is 42.5 Å². The Morgan fingerprint density at radius 3 is 2.63 bits per heavy atom. The summed E-state index contributed by atoms with van der Waals surface area (Å²) in [4.78, 5) is 18.6. The van der Waals surface area contributed by atoms with E-state index in [1.807, 2.05) is 4.90 Å². The first kappa shape index (κ1) is 19.3. The Labute approximate surface area is 165 Å². The minimum atomic E-state index is -1.04. The summed E-state index contributed by atoms with van der Waals surface area (Å²) in [6.45, 7) is 13.5. The zero-order valence-electron chi connectivity index (χ0n) is 15.8. The van der Waals surface area contributed by atoms with Crippen molar-refractivity contribution in [2.45, 2.75) is 45.3 Å². The van der Waals surface area contributed by atoms with Gasteiger partial charge in [-0.25, -0.2) is 4.85 Å². The standard InChI is InChI=1S/C22H23ClN2O2/c1-15-7-9-16(10-8-15)20-6-5-13-25(20)21(26)22(2,3)27-17-11-12-18(23)19(14-17)24-4/h7-12,14,20H,5-6,13H2,1-3H3. The Bertz CT molecular complexity index is 884. The second-order valence-corrected chi connectivity index (χ2v) is 7.81. The van der Waals surface area contributed by atoms with Crippen LogP contribution in [0.1, 0.15) is 43.9 Å². The highest BCUT2D eigenvalue weighted by Crippen LogP contribution is 2.36. The number of likely N-dealkylation sites (tertiary alicyclic amines) is 1. The number of halogens is 1. The number of ether oxygens (including phenoxy) is 1. The highest BCUT2D eigenvalue weighted by atomic mass is 35.5. The molecule has 1 amide bonds. The lowest BCUT2D eigenvalue weighted by Crippen LogP contribution is -2.48. The molecule has 0 radical (unpaired) electrons. The van der Waals surface area contributed by atoms with Crippen molar-refractivity contribution in [1.82, 2.24) is 4.90 Å². The van der Waals surface area contributed by atoms with E-state index in [-0.39, 0.29) is 11.9 Å². The van der Waals surface area contributed by atoms with Crippen molar-refractivity contribution in [3.8, 4) is 5.75 Å². The van der Waals surface area contributed by atoms with Crippen LogP contribution in [-0.4, -0.2) is 23.0 Å². The van der Waals surface area contributed by atoms with Crippen LogP contribution >= 0.6 is 11.6 Å². The van der Waals surface area contributed by atoms with E-state index in [0.717, 1.165) is 24.9 Å². The topological polar surface area (TPSA) is 33.9 Å². The maximum absolute atomic E-state index is 13.3. The molecular weight excluding hydrogens is 360 g/mol. The monoisotopic (exact) mass is 382 g/mol. The number of aryl methyl sites for hydroxylation is 1. The zero-order valence-corrected chi connectivity index (χ0v) is 16.6. The Hall–Kier alpha value is -2.51. The van der Waals surface area contributed by atoms with Gasteiger partial charge in [-0.15, -0.1) is 0 Å². The van der Waals surface area contributed by atoms with E-state index in [1.54, 1.807) is 32.0 Å². The normalized spacial score (nSPS) is 16.9. The molecule has 0 spiro atoms. The van der Waals surface area contributed by atoms with Crippen LogP contribution in [0.3, 0.4) is 0 Å². The van der Waals surface area contributed by atoms with Gasteiger partial charge in [-0.05, 0) is 51.3 Å². The summed E-state index contributed by atoms with van der Waals surface area (Å²) >= 11 is 5.99. The van der Waals surface area contributed by atoms with Crippen molar-refractivity contribution in [2.24, 2.45) is 0 Å². The smallest absolute Gasteiger partial charge is 0.266 e. The lowest BCUT2D eigenvalue weighted by molar-refractivity contribution is -0.146. The van der Waals surface area contributed by atoms with E-state index in [1.165, 1.54) is 5.56 Å². The Morgan fingerprint density at radius 2 is 1.96 bits per heavy atom. The molecule has 1 heterocycles. The van der Waals surface area contributed by atoms with Crippen LogP contribution in [0.2, 0.25) is 5.02 Å². The van der Waals surface area contributed by atoms with Crippen molar-refractivity contribution in [2.75, 3.05) is 6.54 Å². The van der Waals surface area contributed by atoms with Crippen molar-refractivity contribution in [3.63, 3.8) is 0 Å². The van der Waals surface area contributed by atoms with Crippen LogP contribution < -0.4 is 4.74 Å². The number of carbonyl (C=O) groups excluding carboxylic acids is 1. The summed E-state index contributed by atoms with van der Waals surface area (Å²) in [5.41, 5.74) is 1.64. The Morgan fingerprint density at radius 1 is 1.26 bits per heavy atom. The number of carbonyl (C=O) groups is 1. The van der Waals surface area contributed by atoms with Gasteiger partial charge in [0.1, 0.15) is 5.75 Å². The molecule has 3 rings (SSSR count). The number of benzene rings is 2. The van der Waals surface area contributed by atoms with Crippen LogP contribution in [-0.2, 0) is 4.79 Å². The Balaban J connectivity index is 1.80. The summed E-state index contributed by atoms with van der Waals surface area (Å²) < 4.78 is 5.98. The third kappa shape index (κ3) is 4.09. The summed E-state index contributed by atoms with van der Waals surface area (Å²) in [6.07, 6.45) is 1.93. The SMILES string of the molecule is [C-]#[N+]c1cc(OC(C)(C)C(=O)N2CCCC2c2ccc(C)cc2)ccc1Cl. The van der Waals surface area contributed by atoms with Crippen LogP contribution in [0.5, 0.6) is 5.75 Å². The molecule has 2 aromatic carbocycles. The van der Waals surface area contributed by atoms with Gasteiger partial charge in [-0.2, -0.15) is 0 Å². The van der Waals surface area contributed by atoms with Crippen LogP contribution in [0.4, 0.5) is 5.69 Å². The molecule has 0 saturated carbocycles. The molecule has 1 saturated heterocycles. The summed E-state index contributed by atoms with van der Waals surface area (Å²) in [7, 11) is 0. The van der Waals surface area contributed by atoms with Gasteiger partial charge in [-0.1, -0.05) is 47.5 Å². The molecule has 140 valence electrons. The van der Waals surface area contributed by atoms with Crippen LogP contribution in [0, 0.1) is 13.5 Å². The second kappa shape index (κ2) is 7.62. The minimum Gasteiger partial charge on any atom is -0.479 e. The highest BCUT2D eigenvalue weighted by molar-refractivity contribution is 6.33. The molecule has 2 aromatic rings. The molecule has 1 fully saturated rings. The van der Waals surface area contributed by atoms with E-state index >= 15 is 0 Å². The largest absolute Gasteiger partial charge is 0.479 e. The van der Waals surface area contributed by atoms with Gasteiger partial charge in [0.05, 0.1) is 12.6 Å². The fourth-order valence-electron chi connectivity index (χ4n) is 3.47. The van der Waals surface area contributed by atoms with E-state index in [2.05, 4.69) is 36.0 Å². The van der Waals surface area contributed by atoms with Gasteiger partial charge in [0.2, 0.25) is 5.69 Å². The molecule has 0 bridgehead atoms. The average molecular weight is 383 g/mol. The molecule has 1 aliphatic rings. The molecule has 5 heteroatoms. The predicted molar refractivity (Wildman–Crippen MR) is 107 cm³/mol. The average Bonchev–Trinajstić information content (AvgIpc) is 3.12. The third-order valence-corrected chi connectivity index (χ3v) is 5.22. The number of hydrogen-bond acceptors (Lipinski definition) is 2. The third-order valence-electron chi connectivity index (χ3n) is 4.90. The predicted octanol–water partition coefficient (Wildman–Crippen LogP) is 5.72. The van der Waals surface area contributed by atoms with Gasteiger partial charge in [-0.3, -0.25) is 4.79 Å². The summed E-state index contributed by atoms with van der Waals surface area (Å²) in [5.74, 6) is 0.416. The van der Waals surface area contributed by atoms with E-state index in [4.69, 9.17) is 22.9 Å². The van der Waals surface area contributed by atoms with Crippen molar-refractivity contribution in [1.29, 1.82) is 0 Å². The lowest BCUT2D eigenvalue weighted by atomic mass is 10.0. The first-order valence-corrected chi connectivity index (χ1v) is 9.43. The molecule has 0 aliphatic carbocycles. The van der Waals surface area contributed by atoms with Gasteiger partial charge in [0, 0.05) is 11.6 Å². The minimum absolute atomic E-state index is 0.0510. The fraction of sp³-hybridized carbons (Fsp3) is 0.364. The lowest BCUT2D eigenvalue weighted by Gasteiger charge is -2.34. The molecule has 0 aromatic heterocycles. The molecular formula is C22H23ClN2O2. The maximum Gasteiger partial charge on any atom is 0.266 e.